The molecule has 0 atom stereocenters. The molecule has 0 amide bonds. The van der Waals surface area contributed by atoms with E-state index in [0.717, 1.165) is 0 Å². The maximum absolute atomic E-state index is 8.63. The fraction of sp³-hybridized carbons (Fsp3) is 0. The van der Waals surface area contributed by atoms with Gasteiger partial charge in [-0.05, 0) is 0 Å². The molecule has 0 saturated heterocycles. The zero-order chi connectivity index (χ0) is 13.5. The van der Waals surface area contributed by atoms with Gasteiger partial charge in [-0.15, -0.1) is 0 Å². The second-order valence-corrected chi connectivity index (χ2v) is 7.25. The summed E-state index contributed by atoms with van der Waals surface area (Å²) in [4.78, 5) is 0. The normalized spacial score (nSPS) is 10.2. The Balaban J connectivity index is -0.0000000400. The molecule has 0 aliphatic heterocycles. The molecule has 12 nitrogen and oxygen atoms in total. The Bertz CT molecular complexity index is 341. The first-order valence-corrected chi connectivity index (χ1v) is 11.8. The third kappa shape index (κ3) is 864. The van der Waals surface area contributed by atoms with Gasteiger partial charge in [0.2, 0.25) is 0 Å². The topological polar surface area (TPSA) is 241 Å². The molecule has 0 aliphatic rings. The summed E-state index contributed by atoms with van der Waals surface area (Å²) < 4.78 is 104. The van der Waals surface area contributed by atoms with Crippen LogP contribution in [-0.2, 0) is 70.6 Å². The molecule has 17 heteroatoms. The van der Waals surface area contributed by atoms with Crippen LogP contribution in [0.1, 0.15) is 0 Å². The van der Waals surface area contributed by atoms with Gasteiger partial charge < -0.3 is 0 Å². The van der Waals surface area contributed by atoms with Gasteiger partial charge in [0.05, 0.1) is 0 Å². The third-order valence-corrected chi connectivity index (χ3v) is 0. The van der Waals surface area contributed by atoms with E-state index in [9.17, 15) is 0 Å². The quantitative estimate of drug-likeness (QED) is 0.206. The Morgan fingerprint density at radius 2 is 0.412 bits per heavy atom. The van der Waals surface area contributed by atoms with Crippen molar-refractivity contribution in [2.75, 3.05) is 0 Å². The van der Waals surface area contributed by atoms with Crippen molar-refractivity contribution >= 4 is 52.4 Å². The summed E-state index contributed by atoms with van der Waals surface area (Å²) in [5, 5.41) is 0. The van der Waals surface area contributed by atoms with Crippen LogP contribution in [0.5, 0.6) is 0 Å². The monoisotopic (exact) mass is 904 g/mol. The molecule has 0 heterocycles. The Morgan fingerprint density at radius 1 is 0.412 bits per heavy atom. The van der Waals surface area contributed by atoms with Crippen LogP contribution in [0.2, 0.25) is 0 Å². The first kappa shape index (κ1) is 31.7. The van der Waals surface area contributed by atoms with Crippen molar-refractivity contribution < 1.29 is 93.2 Å². The molecule has 100 valence electrons. The van der Waals surface area contributed by atoms with E-state index < -0.39 is 50.2 Å². The molecule has 17 heavy (non-hydrogen) atoms. The Hall–Kier alpha value is 2.39. The Labute approximate surface area is 143 Å². The predicted molar refractivity (Wildman–Crippen MR) is 15.6 cm³/mol. The van der Waals surface area contributed by atoms with Crippen LogP contribution in [0.15, 0.2) is 0 Å². The minimum atomic E-state index is -6.02. The molecule has 0 aliphatic carbocycles. The van der Waals surface area contributed by atoms with Gasteiger partial charge in [0, 0.05) is 0 Å². The number of hydrogen-bond acceptors (Lipinski definition) is 12. The Morgan fingerprint density at radius 3 is 0.412 bits per heavy atom. The SMILES string of the molecule is [Bi+3].[Bi+3].[O]=[Mo](=[O])([O-])[O-].[O]=[Mo](=[O])([O-])[O-].[O]=[Mo](=[O])([O-])[O-]. The van der Waals surface area contributed by atoms with Crippen molar-refractivity contribution in [1.82, 2.24) is 0 Å². The summed E-state index contributed by atoms with van der Waals surface area (Å²) in [6, 6.07) is 0. The van der Waals surface area contributed by atoms with Crippen molar-refractivity contribution in [3.63, 3.8) is 0 Å². The summed E-state index contributed by atoms with van der Waals surface area (Å²) in [6.07, 6.45) is 0. The van der Waals surface area contributed by atoms with Crippen LogP contribution in [0.25, 0.3) is 0 Å². The molecule has 4 radical (unpaired) electrons. The van der Waals surface area contributed by atoms with Crippen molar-refractivity contribution in [2.45, 2.75) is 0 Å². The second kappa shape index (κ2) is 13.4. The van der Waals surface area contributed by atoms with Crippen molar-refractivity contribution in [1.29, 1.82) is 0 Å². The van der Waals surface area contributed by atoms with E-state index in [2.05, 4.69) is 0 Å². The molecule has 0 saturated carbocycles. The molecular formula is Bi2Mo3O12. The summed E-state index contributed by atoms with van der Waals surface area (Å²) in [7, 11) is 0. The van der Waals surface area contributed by atoms with Crippen LogP contribution < -0.4 is 22.6 Å². The molecule has 0 aromatic heterocycles. The van der Waals surface area contributed by atoms with E-state index in [1.807, 2.05) is 0 Å². The zero-order valence-corrected chi connectivity index (χ0v) is 20.0. The molecule has 0 unspecified atom stereocenters. The fourth-order valence-electron chi connectivity index (χ4n) is 0. The third-order valence-electron chi connectivity index (χ3n) is 0. The minimum absolute atomic E-state index is 0. The van der Waals surface area contributed by atoms with Gasteiger partial charge in [-0.1, -0.05) is 0 Å². The van der Waals surface area contributed by atoms with E-state index in [1.54, 1.807) is 0 Å². The summed E-state index contributed by atoms with van der Waals surface area (Å²) in [6.45, 7) is 0. The predicted octanol–water partition coefficient (Wildman–Crippen LogP) is -8.62. The van der Waals surface area contributed by atoms with Gasteiger partial charge in [-0.25, -0.2) is 0 Å². The average molecular weight is 898 g/mol. The summed E-state index contributed by atoms with van der Waals surface area (Å²) >= 11 is -18.1. The molecule has 0 fully saturated rings. The van der Waals surface area contributed by atoms with E-state index in [1.165, 1.54) is 0 Å². The molecule has 0 rings (SSSR count). The molecule has 0 N–H and O–H groups in total. The first-order valence-electron chi connectivity index (χ1n) is 2.00. The van der Waals surface area contributed by atoms with Crippen LogP contribution in [0.3, 0.4) is 0 Å². The maximum atomic E-state index is 8.63. The summed E-state index contributed by atoms with van der Waals surface area (Å²) in [5.41, 5.74) is 0. The zero-order valence-electron chi connectivity index (χ0n) is 7.02. The fourth-order valence-corrected chi connectivity index (χ4v) is 0. The van der Waals surface area contributed by atoms with Gasteiger partial charge in [0.1, 0.15) is 0 Å². The average Bonchev–Trinajstić information content (AvgIpc) is 1.41. The van der Waals surface area contributed by atoms with Crippen LogP contribution in [-0.4, -0.2) is 52.4 Å². The van der Waals surface area contributed by atoms with Crippen LogP contribution >= 0.6 is 0 Å². The van der Waals surface area contributed by atoms with Crippen molar-refractivity contribution in [3.8, 4) is 0 Å². The Kier molecular flexibility index (Phi) is 24.9. The number of hydrogen-bond donors (Lipinski definition) is 0. The molecular weight excluding hydrogens is 898 g/mol. The van der Waals surface area contributed by atoms with Gasteiger partial charge in [0.25, 0.3) is 0 Å². The summed E-state index contributed by atoms with van der Waals surface area (Å²) in [5.74, 6) is 0. The van der Waals surface area contributed by atoms with Crippen molar-refractivity contribution in [3.05, 3.63) is 0 Å². The van der Waals surface area contributed by atoms with E-state index in [4.69, 9.17) is 42.9 Å². The van der Waals surface area contributed by atoms with Gasteiger partial charge in [-0.3, -0.25) is 0 Å². The van der Waals surface area contributed by atoms with Crippen molar-refractivity contribution in [2.24, 2.45) is 0 Å². The second-order valence-electron chi connectivity index (χ2n) is 1.22. The van der Waals surface area contributed by atoms with Gasteiger partial charge in [-0.2, -0.15) is 0 Å². The molecule has 0 spiro atoms. The van der Waals surface area contributed by atoms with E-state index in [-0.39, 0.29) is 52.4 Å². The van der Waals surface area contributed by atoms with Gasteiger partial charge >= 0.3 is 146 Å². The number of rotatable bonds is 0. The van der Waals surface area contributed by atoms with Crippen LogP contribution in [0.4, 0.5) is 0 Å². The molecule has 0 bridgehead atoms. The first-order chi connectivity index (χ1) is 6.00. The molecule has 0 aromatic rings. The van der Waals surface area contributed by atoms with E-state index >= 15 is 0 Å². The van der Waals surface area contributed by atoms with Crippen LogP contribution in [0, 0.1) is 0 Å². The van der Waals surface area contributed by atoms with Gasteiger partial charge in [0.15, 0.2) is 0 Å². The molecule has 0 aromatic carbocycles. The standard InChI is InChI=1S/2Bi.3Mo.12O/q2*+3;;;;;;;;;;6*-1. The van der Waals surface area contributed by atoms with E-state index in [0.29, 0.717) is 0 Å².